The summed E-state index contributed by atoms with van der Waals surface area (Å²) in [4.78, 5) is 23.7. The highest BCUT2D eigenvalue weighted by Gasteiger charge is 2.33. The number of urea groups is 1. The van der Waals surface area contributed by atoms with E-state index < -0.39 is 24.1 Å². The minimum absolute atomic E-state index is 0.159. The zero-order chi connectivity index (χ0) is 18.0. The van der Waals surface area contributed by atoms with E-state index in [1.807, 2.05) is 6.07 Å². The number of nitrogens with one attached hydrogen (secondary N) is 3. The molecule has 8 heteroatoms. The summed E-state index contributed by atoms with van der Waals surface area (Å²) in [5, 5.41) is 18.5. The number of rotatable bonds is 3. The Kier molecular flexibility index (Phi) is 5.01. The lowest BCUT2D eigenvalue weighted by molar-refractivity contribution is -0.138. The number of carbonyl (C=O) groups excluding carboxylic acids is 1. The Bertz CT molecular complexity index is 814. The van der Waals surface area contributed by atoms with E-state index in [1.165, 1.54) is 0 Å². The fraction of sp³-hybridized carbons (Fsp3) is 0.176. The zero-order valence-corrected chi connectivity index (χ0v) is 14.4. The maximum atomic E-state index is 12.3. The Hall–Kier alpha value is -2.44. The van der Waals surface area contributed by atoms with E-state index in [2.05, 4.69) is 16.0 Å². The highest BCUT2D eigenvalue weighted by Crippen LogP contribution is 2.39. The van der Waals surface area contributed by atoms with Gasteiger partial charge < -0.3 is 21.1 Å². The van der Waals surface area contributed by atoms with Crippen molar-refractivity contribution < 1.29 is 14.7 Å². The lowest BCUT2D eigenvalue weighted by Crippen LogP contribution is -2.42. The van der Waals surface area contributed by atoms with Gasteiger partial charge in [0.15, 0.2) is 0 Å². The van der Waals surface area contributed by atoms with Crippen LogP contribution in [0, 0.1) is 0 Å². The fourth-order valence-electron chi connectivity index (χ4n) is 2.80. The van der Waals surface area contributed by atoms with E-state index in [0.29, 0.717) is 27.0 Å². The molecule has 0 fully saturated rings. The summed E-state index contributed by atoms with van der Waals surface area (Å²) in [5.41, 5.74) is 1.75. The van der Waals surface area contributed by atoms with Crippen molar-refractivity contribution in [3.8, 4) is 0 Å². The van der Waals surface area contributed by atoms with Crippen molar-refractivity contribution in [2.75, 3.05) is 10.6 Å². The van der Waals surface area contributed by atoms with Crippen LogP contribution >= 0.6 is 23.2 Å². The van der Waals surface area contributed by atoms with Crippen LogP contribution in [0.1, 0.15) is 18.0 Å². The number of carboxylic acid groups (broad SMARTS) is 1. The third kappa shape index (κ3) is 3.97. The number of anilines is 2. The molecule has 4 N–H and O–H groups in total. The van der Waals surface area contributed by atoms with Crippen molar-refractivity contribution >= 4 is 46.6 Å². The number of aliphatic carboxylic acids is 1. The number of halogens is 2. The predicted octanol–water partition coefficient (Wildman–Crippen LogP) is 4.13. The molecule has 2 amide bonds. The highest BCUT2D eigenvalue weighted by atomic mass is 35.5. The van der Waals surface area contributed by atoms with E-state index in [9.17, 15) is 14.7 Å². The average Bonchev–Trinajstić information content (AvgIpc) is 2.54. The van der Waals surface area contributed by atoms with Gasteiger partial charge in [-0.05, 0) is 24.3 Å². The second-order valence-corrected chi connectivity index (χ2v) is 6.48. The molecular weight excluding hydrogens is 365 g/mol. The van der Waals surface area contributed by atoms with Crippen LogP contribution < -0.4 is 16.0 Å². The smallest absolute Gasteiger partial charge is 0.326 e. The van der Waals surface area contributed by atoms with Crippen LogP contribution in [0.5, 0.6) is 0 Å². The quantitative estimate of drug-likeness (QED) is 0.645. The molecule has 1 aliphatic rings. The molecule has 2 aromatic carbocycles. The van der Waals surface area contributed by atoms with E-state index in [0.717, 1.165) is 0 Å². The molecule has 0 aliphatic carbocycles. The minimum Gasteiger partial charge on any atom is -0.480 e. The second kappa shape index (κ2) is 7.21. The predicted molar refractivity (Wildman–Crippen MR) is 97.5 cm³/mol. The molecule has 2 atom stereocenters. The highest BCUT2D eigenvalue weighted by molar-refractivity contribution is 6.35. The molecule has 0 radical (unpaired) electrons. The van der Waals surface area contributed by atoms with Gasteiger partial charge in [-0.3, -0.25) is 0 Å². The molecule has 1 heterocycles. The van der Waals surface area contributed by atoms with Gasteiger partial charge in [0.2, 0.25) is 0 Å². The molecule has 130 valence electrons. The van der Waals surface area contributed by atoms with Gasteiger partial charge >= 0.3 is 12.0 Å². The number of hydrogen-bond acceptors (Lipinski definition) is 3. The molecule has 25 heavy (non-hydrogen) atoms. The van der Waals surface area contributed by atoms with Crippen molar-refractivity contribution in [1.29, 1.82) is 0 Å². The SMILES string of the molecule is O=C(Nc1ccccc1)N[C@H]1C[C@@H](C(=O)O)Nc2cc(Cl)cc(Cl)c21. The van der Waals surface area contributed by atoms with Gasteiger partial charge in [-0.2, -0.15) is 0 Å². The molecule has 0 unspecified atom stereocenters. The molecule has 0 saturated heterocycles. The van der Waals surface area contributed by atoms with Gasteiger partial charge in [-0.1, -0.05) is 41.4 Å². The lowest BCUT2D eigenvalue weighted by Gasteiger charge is -2.32. The fourth-order valence-corrected chi connectivity index (χ4v) is 3.42. The van der Waals surface area contributed by atoms with Gasteiger partial charge in [0.25, 0.3) is 0 Å². The first-order valence-corrected chi connectivity index (χ1v) is 8.30. The summed E-state index contributed by atoms with van der Waals surface area (Å²) in [5.74, 6) is -1.02. The number of carboxylic acids is 1. The van der Waals surface area contributed by atoms with Crippen LogP contribution in [-0.2, 0) is 4.79 Å². The Morgan fingerprint density at radius 2 is 1.88 bits per heavy atom. The van der Waals surface area contributed by atoms with Crippen molar-refractivity contribution in [1.82, 2.24) is 5.32 Å². The topological polar surface area (TPSA) is 90.5 Å². The van der Waals surface area contributed by atoms with Crippen molar-refractivity contribution in [2.24, 2.45) is 0 Å². The molecule has 1 aliphatic heterocycles. The van der Waals surface area contributed by atoms with Gasteiger partial charge in [0, 0.05) is 33.4 Å². The molecule has 0 saturated carbocycles. The molecule has 0 spiro atoms. The summed E-state index contributed by atoms with van der Waals surface area (Å²) in [6.07, 6.45) is 0.159. The summed E-state index contributed by atoms with van der Waals surface area (Å²) < 4.78 is 0. The Balaban J connectivity index is 1.85. The molecular formula is C17H15Cl2N3O3. The van der Waals surface area contributed by atoms with Crippen LogP contribution in [0.3, 0.4) is 0 Å². The monoisotopic (exact) mass is 379 g/mol. The van der Waals surface area contributed by atoms with Crippen molar-refractivity contribution in [2.45, 2.75) is 18.5 Å². The average molecular weight is 380 g/mol. The summed E-state index contributed by atoms with van der Waals surface area (Å²) in [6, 6.07) is 10.2. The number of fused-ring (bicyclic) bond motifs is 1. The Morgan fingerprint density at radius 1 is 1.16 bits per heavy atom. The largest absolute Gasteiger partial charge is 0.480 e. The molecule has 0 bridgehead atoms. The Labute approximate surface area is 154 Å². The van der Waals surface area contributed by atoms with Gasteiger partial charge in [-0.25, -0.2) is 9.59 Å². The molecule has 2 aromatic rings. The lowest BCUT2D eigenvalue weighted by atomic mass is 9.93. The zero-order valence-electron chi connectivity index (χ0n) is 12.9. The van der Waals surface area contributed by atoms with Crippen LogP contribution in [-0.4, -0.2) is 23.1 Å². The van der Waals surface area contributed by atoms with Crippen molar-refractivity contribution in [3.63, 3.8) is 0 Å². The van der Waals surface area contributed by atoms with Gasteiger partial charge in [0.1, 0.15) is 6.04 Å². The first-order chi connectivity index (χ1) is 11.9. The van der Waals surface area contributed by atoms with Gasteiger partial charge in [-0.15, -0.1) is 0 Å². The number of para-hydroxylation sites is 1. The maximum Gasteiger partial charge on any atom is 0.326 e. The van der Waals surface area contributed by atoms with E-state index in [-0.39, 0.29) is 6.42 Å². The van der Waals surface area contributed by atoms with E-state index >= 15 is 0 Å². The minimum atomic E-state index is -1.02. The number of benzene rings is 2. The van der Waals surface area contributed by atoms with Crippen LogP contribution in [0.15, 0.2) is 42.5 Å². The molecule has 0 aromatic heterocycles. The molecule has 3 rings (SSSR count). The molecule has 6 nitrogen and oxygen atoms in total. The van der Waals surface area contributed by atoms with E-state index in [4.69, 9.17) is 23.2 Å². The Morgan fingerprint density at radius 3 is 2.56 bits per heavy atom. The normalized spacial score (nSPS) is 18.6. The number of hydrogen-bond donors (Lipinski definition) is 4. The maximum absolute atomic E-state index is 12.3. The second-order valence-electron chi connectivity index (χ2n) is 5.64. The van der Waals surface area contributed by atoms with Crippen LogP contribution in [0.2, 0.25) is 10.0 Å². The summed E-state index contributed by atoms with van der Waals surface area (Å²) >= 11 is 12.3. The van der Waals surface area contributed by atoms with Crippen LogP contribution in [0.4, 0.5) is 16.2 Å². The summed E-state index contributed by atoms with van der Waals surface area (Å²) in [7, 11) is 0. The standard InChI is InChI=1S/C17H15Cl2N3O3/c18-9-6-11(19)15-12(7-9)21-14(16(23)24)8-13(15)22-17(25)20-10-4-2-1-3-5-10/h1-7,13-14,21H,8H2,(H,23,24)(H2,20,22,25)/t13-,14-/m0/s1. The number of carbonyl (C=O) groups is 2. The number of amides is 2. The summed E-state index contributed by atoms with van der Waals surface area (Å²) in [6.45, 7) is 0. The third-order valence-electron chi connectivity index (χ3n) is 3.88. The first kappa shape index (κ1) is 17.4. The van der Waals surface area contributed by atoms with Crippen LogP contribution in [0.25, 0.3) is 0 Å². The first-order valence-electron chi connectivity index (χ1n) is 7.55. The van der Waals surface area contributed by atoms with E-state index in [1.54, 1.807) is 36.4 Å². The third-order valence-corrected chi connectivity index (χ3v) is 4.41. The van der Waals surface area contributed by atoms with Crippen molar-refractivity contribution in [3.05, 3.63) is 58.1 Å². The van der Waals surface area contributed by atoms with Gasteiger partial charge in [0.05, 0.1) is 6.04 Å².